The van der Waals surface area contributed by atoms with Crippen molar-refractivity contribution in [2.75, 3.05) is 7.05 Å². The van der Waals surface area contributed by atoms with Crippen LogP contribution in [0.1, 0.15) is 52.5 Å². The van der Waals surface area contributed by atoms with Gasteiger partial charge in [0.25, 0.3) is 0 Å². The van der Waals surface area contributed by atoms with E-state index in [-0.39, 0.29) is 6.10 Å². The van der Waals surface area contributed by atoms with E-state index >= 15 is 0 Å². The molecular weight excluding hydrogens is 258 g/mol. The first-order chi connectivity index (χ1) is 9.95. The van der Waals surface area contributed by atoms with E-state index in [0.29, 0.717) is 11.5 Å². The fourth-order valence-corrected chi connectivity index (χ4v) is 3.45. The Morgan fingerprint density at radius 1 is 1.19 bits per heavy atom. The summed E-state index contributed by atoms with van der Waals surface area (Å²) in [6.07, 6.45) is 4.95. The number of ether oxygens (including phenoxy) is 1. The largest absolute Gasteiger partial charge is 0.489 e. The van der Waals surface area contributed by atoms with Gasteiger partial charge in [0.1, 0.15) is 11.9 Å². The van der Waals surface area contributed by atoms with Crippen LogP contribution in [-0.4, -0.2) is 19.2 Å². The molecule has 0 bridgehead atoms. The lowest BCUT2D eigenvalue weighted by atomic mass is 9.70. The van der Waals surface area contributed by atoms with Crippen molar-refractivity contribution in [1.29, 1.82) is 0 Å². The van der Waals surface area contributed by atoms with Gasteiger partial charge in [-0.2, -0.15) is 0 Å². The van der Waals surface area contributed by atoms with Gasteiger partial charge in [0, 0.05) is 6.04 Å². The molecule has 0 heterocycles. The van der Waals surface area contributed by atoms with Crippen molar-refractivity contribution in [3.05, 3.63) is 29.8 Å². The minimum Gasteiger partial charge on any atom is -0.489 e. The molecule has 1 aliphatic carbocycles. The monoisotopic (exact) mass is 289 g/mol. The van der Waals surface area contributed by atoms with Crippen molar-refractivity contribution < 1.29 is 4.74 Å². The molecule has 0 radical (unpaired) electrons. The van der Waals surface area contributed by atoms with E-state index in [1.54, 1.807) is 0 Å². The zero-order valence-electron chi connectivity index (χ0n) is 14.3. The van der Waals surface area contributed by atoms with Gasteiger partial charge in [-0.3, -0.25) is 0 Å². The average molecular weight is 289 g/mol. The van der Waals surface area contributed by atoms with Crippen LogP contribution in [-0.2, 0) is 6.42 Å². The summed E-state index contributed by atoms with van der Waals surface area (Å²) in [7, 11) is 2.06. The van der Waals surface area contributed by atoms with Gasteiger partial charge in [0.15, 0.2) is 0 Å². The molecule has 118 valence electrons. The normalized spacial score (nSPS) is 26.6. The van der Waals surface area contributed by atoms with Crippen LogP contribution in [0.15, 0.2) is 24.3 Å². The first-order valence-electron chi connectivity index (χ1n) is 8.37. The zero-order valence-corrected chi connectivity index (χ0v) is 14.3. The van der Waals surface area contributed by atoms with Crippen molar-refractivity contribution in [2.45, 2.75) is 65.5 Å². The Bertz CT molecular complexity index is 449. The van der Waals surface area contributed by atoms with Crippen LogP contribution in [0, 0.1) is 11.3 Å². The summed E-state index contributed by atoms with van der Waals surface area (Å²) >= 11 is 0. The number of likely N-dealkylation sites (N-methyl/N-ethyl adjacent to an activating group) is 1. The molecule has 1 N–H and O–H groups in total. The number of para-hydroxylation sites is 1. The van der Waals surface area contributed by atoms with Gasteiger partial charge in [0.05, 0.1) is 0 Å². The van der Waals surface area contributed by atoms with Crippen molar-refractivity contribution in [2.24, 2.45) is 11.3 Å². The molecule has 1 aromatic rings. The minimum atomic E-state index is 0.278. The zero-order chi connectivity index (χ0) is 15.5. The molecular formula is C19H31NO. The van der Waals surface area contributed by atoms with Gasteiger partial charge in [-0.1, -0.05) is 45.9 Å². The molecule has 1 aliphatic rings. The second kappa shape index (κ2) is 6.83. The molecule has 1 saturated carbocycles. The molecule has 1 fully saturated rings. The molecule has 1 aromatic carbocycles. The predicted molar refractivity (Wildman–Crippen MR) is 89.9 cm³/mol. The summed E-state index contributed by atoms with van der Waals surface area (Å²) in [5, 5.41) is 3.46. The van der Waals surface area contributed by atoms with Crippen molar-refractivity contribution in [3.63, 3.8) is 0 Å². The Morgan fingerprint density at radius 2 is 1.90 bits per heavy atom. The highest BCUT2D eigenvalue weighted by Crippen LogP contribution is 2.39. The fraction of sp³-hybridized carbons (Fsp3) is 0.684. The number of rotatable bonds is 4. The maximum atomic E-state index is 6.44. The Hall–Kier alpha value is -1.02. The summed E-state index contributed by atoms with van der Waals surface area (Å²) in [6, 6.07) is 8.93. The van der Waals surface area contributed by atoms with Crippen LogP contribution in [0.2, 0.25) is 0 Å². The Balaban J connectivity index is 2.14. The summed E-state index contributed by atoms with van der Waals surface area (Å²) in [6.45, 7) is 9.26. The highest BCUT2D eigenvalue weighted by molar-refractivity contribution is 5.33. The van der Waals surface area contributed by atoms with Crippen LogP contribution in [0.3, 0.4) is 0 Å². The van der Waals surface area contributed by atoms with Crippen LogP contribution in [0.25, 0.3) is 0 Å². The number of hydrogen-bond acceptors (Lipinski definition) is 2. The summed E-state index contributed by atoms with van der Waals surface area (Å²) in [5.41, 5.74) is 1.68. The van der Waals surface area contributed by atoms with Gasteiger partial charge in [-0.25, -0.2) is 0 Å². The molecule has 0 aliphatic heterocycles. The quantitative estimate of drug-likeness (QED) is 0.885. The average Bonchev–Trinajstić information content (AvgIpc) is 2.47. The Kier molecular flexibility index (Phi) is 5.32. The van der Waals surface area contributed by atoms with E-state index in [9.17, 15) is 0 Å². The van der Waals surface area contributed by atoms with Crippen LogP contribution >= 0.6 is 0 Å². The summed E-state index contributed by atoms with van der Waals surface area (Å²) in [5.74, 6) is 1.81. The van der Waals surface area contributed by atoms with Gasteiger partial charge in [-0.15, -0.1) is 0 Å². The molecule has 21 heavy (non-hydrogen) atoms. The number of benzene rings is 1. The Morgan fingerprint density at radius 3 is 2.52 bits per heavy atom. The van der Waals surface area contributed by atoms with Gasteiger partial charge >= 0.3 is 0 Å². The maximum Gasteiger partial charge on any atom is 0.122 e. The van der Waals surface area contributed by atoms with E-state index in [4.69, 9.17) is 4.74 Å². The second-order valence-corrected chi connectivity index (χ2v) is 7.39. The van der Waals surface area contributed by atoms with E-state index < -0.39 is 0 Å². The third-order valence-corrected chi connectivity index (χ3v) is 5.02. The molecule has 2 nitrogen and oxygen atoms in total. The lowest BCUT2D eigenvalue weighted by Crippen LogP contribution is -2.47. The lowest BCUT2D eigenvalue weighted by molar-refractivity contribution is 0.0490. The topological polar surface area (TPSA) is 21.3 Å². The third kappa shape index (κ3) is 4.00. The van der Waals surface area contributed by atoms with Gasteiger partial charge in [-0.05, 0) is 55.7 Å². The van der Waals surface area contributed by atoms with Gasteiger partial charge < -0.3 is 10.1 Å². The van der Waals surface area contributed by atoms with E-state index in [0.717, 1.165) is 24.5 Å². The molecule has 2 heteroatoms. The molecule has 3 atom stereocenters. The van der Waals surface area contributed by atoms with Crippen molar-refractivity contribution in [1.82, 2.24) is 5.32 Å². The SMILES string of the molecule is CCc1ccccc1OC1CC(C(C)(C)C)CCC1NC. The molecule has 0 aromatic heterocycles. The van der Waals surface area contributed by atoms with E-state index in [1.165, 1.54) is 18.4 Å². The molecule has 0 spiro atoms. The third-order valence-electron chi connectivity index (χ3n) is 5.02. The van der Waals surface area contributed by atoms with E-state index in [1.807, 2.05) is 0 Å². The van der Waals surface area contributed by atoms with Crippen LogP contribution in [0.4, 0.5) is 0 Å². The molecule has 3 unspecified atom stereocenters. The van der Waals surface area contributed by atoms with Crippen molar-refractivity contribution >= 4 is 0 Å². The first kappa shape index (κ1) is 16.4. The molecule has 0 saturated heterocycles. The lowest BCUT2D eigenvalue weighted by Gasteiger charge is -2.41. The number of aryl methyl sites for hydroxylation is 1. The van der Waals surface area contributed by atoms with Crippen LogP contribution in [0.5, 0.6) is 5.75 Å². The van der Waals surface area contributed by atoms with Gasteiger partial charge in [0.2, 0.25) is 0 Å². The highest BCUT2D eigenvalue weighted by Gasteiger charge is 2.36. The smallest absolute Gasteiger partial charge is 0.122 e. The summed E-state index contributed by atoms with van der Waals surface area (Å²) in [4.78, 5) is 0. The Labute approximate surface area is 130 Å². The summed E-state index contributed by atoms with van der Waals surface area (Å²) < 4.78 is 6.44. The van der Waals surface area contributed by atoms with Crippen LogP contribution < -0.4 is 10.1 Å². The minimum absolute atomic E-state index is 0.278. The van der Waals surface area contributed by atoms with Crippen molar-refractivity contribution in [3.8, 4) is 5.75 Å². The predicted octanol–water partition coefficient (Wildman–Crippen LogP) is 4.43. The highest BCUT2D eigenvalue weighted by atomic mass is 16.5. The number of nitrogens with one attached hydrogen (secondary N) is 1. The second-order valence-electron chi connectivity index (χ2n) is 7.39. The van der Waals surface area contributed by atoms with E-state index in [2.05, 4.69) is 64.3 Å². The first-order valence-corrected chi connectivity index (χ1v) is 8.37. The fourth-order valence-electron chi connectivity index (χ4n) is 3.45. The number of hydrogen-bond donors (Lipinski definition) is 1. The standard InChI is InChI=1S/C19H31NO/c1-6-14-9-7-8-10-17(14)21-18-13-15(19(2,3)4)11-12-16(18)20-5/h7-10,15-16,18,20H,6,11-13H2,1-5H3. The molecule has 2 rings (SSSR count). The molecule has 0 amide bonds. The maximum absolute atomic E-state index is 6.44.